The minimum absolute atomic E-state index is 0.207. The lowest BCUT2D eigenvalue weighted by Crippen LogP contribution is -2.11. The number of halogens is 2. The molecule has 5 rings (SSSR count). The van der Waals surface area contributed by atoms with Crippen LogP contribution < -0.4 is 10.1 Å². The van der Waals surface area contributed by atoms with Crippen molar-refractivity contribution in [3.05, 3.63) is 95.7 Å². The minimum Gasteiger partial charge on any atom is -0.407 e. The van der Waals surface area contributed by atoms with Gasteiger partial charge in [0.2, 0.25) is 5.88 Å². The van der Waals surface area contributed by atoms with E-state index in [1.165, 1.54) is 41.9 Å². The maximum atomic E-state index is 13.9. The molecule has 0 spiro atoms. The highest BCUT2D eigenvalue weighted by atomic mass is 19.1. The fourth-order valence-electron chi connectivity index (χ4n) is 3.90. The summed E-state index contributed by atoms with van der Waals surface area (Å²) in [4.78, 5) is 24.4. The van der Waals surface area contributed by atoms with Crippen molar-refractivity contribution in [1.29, 1.82) is 0 Å². The van der Waals surface area contributed by atoms with Crippen LogP contribution in [0.25, 0.3) is 16.8 Å². The number of rotatable bonds is 6. The van der Waals surface area contributed by atoms with Crippen molar-refractivity contribution in [3.63, 3.8) is 0 Å². The first-order valence-electron chi connectivity index (χ1n) is 11.1. The molecule has 1 fully saturated rings. The number of carbonyl (C=O) groups is 2. The average molecular weight is 473 g/mol. The van der Waals surface area contributed by atoms with Gasteiger partial charge in [0.05, 0.1) is 16.9 Å². The fraction of sp³-hybridized carbons (Fsp3) is 0.148. The molecule has 1 N–H and O–H groups in total. The summed E-state index contributed by atoms with van der Waals surface area (Å²) in [5.74, 6) is -1.46. The molecular weight excluding hydrogens is 452 g/mol. The van der Waals surface area contributed by atoms with E-state index < -0.39 is 23.5 Å². The molecule has 0 radical (unpaired) electrons. The zero-order chi connectivity index (χ0) is 24.5. The van der Waals surface area contributed by atoms with Gasteiger partial charge in [-0.1, -0.05) is 24.3 Å². The predicted molar refractivity (Wildman–Crippen MR) is 127 cm³/mol. The molecule has 6 nitrogen and oxygen atoms in total. The molecule has 4 aromatic rings. The van der Waals surface area contributed by atoms with Crippen molar-refractivity contribution < 1.29 is 23.1 Å². The lowest BCUT2D eigenvalue weighted by molar-refractivity contribution is -0.132. The van der Waals surface area contributed by atoms with Crippen LogP contribution in [0.3, 0.4) is 0 Å². The molecule has 8 heteroatoms. The molecule has 1 saturated carbocycles. The van der Waals surface area contributed by atoms with Crippen LogP contribution in [-0.2, 0) is 4.79 Å². The molecule has 0 bridgehead atoms. The molecular formula is C27H21F2N3O3. The van der Waals surface area contributed by atoms with E-state index >= 15 is 0 Å². The maximum absolute atomic E-state index is 13.9. The summed E-state index contributed by atoms with van der Waals surface area (Å²) in [6.07, 6.45) is 1.91. The van der Waals surface area contributed by atoms with Gasteiger partial charge in [0, 0.05) is 24.1 Å². The van der Waals surface area contributed by atoms with E-state index in [1.54, 1.807) is 36.4 Å². The number of aromatic nitrogens is 2. The van der Waals surface area contributed by atoms with Crippen molar-refractivity contribution in [2.24, 2.45) is 0 Å². The number of carbonyl (C=O) groups excluding carboxylic acids is 2. The predicted octanol–water partition coefficient (Wildman–Crippen LogP) is 5.87. The number of esters is 1. The summed E-state index contributed by atoms with van der Waals surface area (Å²) in [6.45, 7) is 1.30. The Kier molecular flexibility index (Phi) is 5.86. The monoisotopic (exact) mass is 473 g/mol. The average Bonchev–Trinajstić information content (AvgIpc) is 3.61. The Morgan fingerprint density at radius 3 is 2.29 bits per heavy atom. The second kappa shape index (κ2) is 9.13. The standard InChI is InChI=1S/C27H21F2N3O3/c1-16(33)35-27-24(25(18-8-9-18)31-32(27)23-7-3-6-21(29)15-23)17-10-12-22(13-11-17)30-26(34)19-4-2-5-20(28)14-19/h2-7,10-15,18H,8-9H2,1H3,(H,30,34). The van der Waals surface area contributed by atoms with Crippen LogP contribution in [0.2, 0.25) is 0 Å². The molecule has 176 valence electrons. The highest BCUT2D eigenvalue weighted by Crippen LogP contribution is 2.48. The van der Waals surface area contributed by atoms with Crippen molar-refractivity contribution >= 4 is 17.6 Å². The Bertz CT molecular complexity index is 1430. The van der Waals surface area contributed by atoms with E-state index in [0.717, 1.165) is 30.2 Å². The summed E-state index contributed by atoms with van der Waals surface area (Å²) in [7, 11) is 0. The van der Waals surface area contributed by atoms with Crippen molar-refractivity contribution in [2.45, 2.75) is 25.7 Å². The van der Waals surface area contributed by atoms with E-state index in [2.05, 4.69) is 5.32 Å². The Balaban J connectivity index is 1.52. The Labute approximate surface area is 200 Å². The molecule has 0 aliphatic heterocycles. The van der Waals surface area contributed by atoms with Crippen molar-refractivity contribution in [1.82, 2.24) is 9.78 Å². The van der Waals surface area contributed by atoms with Gasteiger partial charge in [-0.05, 0) is 66.9 Å². The van der Waals surface area contributed by atoms with Gasteiger partial charge >= 0.3 is 5.97 Å². The Morgan fingerprint density at radius 1 is 0.971 bits per heavy atom. The zero-order valence-electron chi connectivity index (χ0n) is 18.8. The molecule has 0 saturated heterocycles. The second-order valence-corrected chi connectivity index (χ2v) is 8.37. The Hall–Kier alpha value is -4.33. The molecule has 35 heavy (non-hydrogen) atoms. The van der Waals surface area contributed by atoms with Gasteiger partial charge in [0.25, 0.3) is 5.91 Å². The summed E-state index contributed by atoms with van der Waals surface area (Å²) < 4.78 is 34.4. The van der Waals surface area contributed by atoms with Gasteiger partial charge in [-0.2, -0.15) is 9.78 Å². The number of hydrogen-bond acceptors (Lipinski definition) is 4. The third-order valence-corrected chi connectivity index (χ3v) is 5.65. The highest BCUT2D eigenvalue weighted by Gasteiger charge is 2.34. The third kappa shape index (κ3) is 4.82. The summed E-state index contributed by atoms with van der Waals surface area (Å²) >= 11 is 0. The van der Waals surface area contributed by atoms with E-state index in [-0.39, 0.29) is 17.4 Å². The molecule has 1 aromatic heterocycles. The van der Waals surface area contributed by atoms with Gasteiger partial charge < -0.3 is 10.1 Å². The van der Waals surface area contributed by atoms with E-state index in [4.69, 9.17) is 9.84 Å². The second-order valence-electron chi connectivity index (χ2n) is 8.37. The molecule has 0 atom stereocenters. The number of anilines is 1. The van der Waals surface area contributed by atoms with Crippen molar-refractivity contribution in [3.8, 4) is 22.7 Å². The zero-order valence-corrected chi connectivity index (χ0v) is 18.8. The van der Waals surface area contributed by atoms with Crippen LogP contribution in [0.15, 0.2) is 72.8 Å². The number of hydrogen-bond donors (Lipinski definition) is 1. The molecule has 3 aromatic carbocycles. The third-order valence-electron chi connectivity index (χ3n) is 5.65. The van der Waals surface area contributed by atoms with E-state index in [9.17, 15) is 18.4 Å². The van der Waals surface area contributed by atoms with Gasteiger partial charge in [0.15, 0.2) is 0 Å². The first-order valence-corrected chi connectivity index (χ1v) is 11.1. The molecule has 1 amide bonds. The lowest BCUT2D eigenvalue weighted by atomic mass is 10.0. The van der Waals surface area contributed by atoms with Crippen LogP contribution in [-0.4, -0.2) is 21.7 Å². The Morgan fingerprint density at radius 2 is 1.66 bits per heavy atom. The quantitative estimate of drug-likeness (QED) is 0.356. The molecule has 1 heterocycles. The topological polar surface area (TPSA) is 73.2 Å². The number of ether oxygens (including phenoxy) is 1. The number of amides is 1. The number of nitrogens with one attached hydrogen (secondary N) is 1. The minimum atomic E-state index is -0.523. The summed E-state index contributed by atoms with van der Waals surface area (Å²) in [6, 6.07) is 18.3. The molecule has 1 aliphatic carbocycles. The van der Waals surface area contributed by atoms with Gasteiger partial charge in [-0.15, -0.1) is 0 Å². The van der Waals surface area contributed by atoms with Crippen LogP contribution in [0.5, 0.6) is 5.88 Å². The van der Waals surface area contributed by atoms with Gasteiger partial charge in [-0.25, -0.2) is 8.78 Å². The fourth-order valence-corrected chi connectivity index (χ4v) is 3.90. The summed E-state index contributed by atoms with van der Waals surface area (Å²) in [5, 5.41) is 7.44. The van der Waals surface area contributed by atoms with Crippen LogP contribution >= 0.6 is 0 Å². The largest absolute Gasteiger partial charge is 0.407 e. The van der Waals surface area contributed by atoms with Gasteiger partial charge in [-0.3, -0.25) is 9.59 Å². The van der Waals surface area contributed by atoms with E-state index in [0.29, 0.717) is 16.9 Å². The highest BCUT2D eigenvalue weighted by molar-refractivity contribution is 6.04. The lowest BCUT2D eigenvalue weighted by Gasteiger charge is -2.10. The number of nitrogens with zero attached hydrogens (tertiary/aromatic N) is 2. The first-order chi connectivity index (χ1) is 16.9. The smallest absolute Gasteiger partial charge is 0.309 e. The summed E-state index contributed by atoms with van der Waals surface area (Å²) in [5.41, 5.74) is 3.31. The van der Waals surface area contributed by atoms with Crippen LogP contribution in [0.1, 0.15) is 41.7 Å². The normalized spacial score (nSPS) is 12.9. The van der Waals surface area contributed by atoms with Crippen LogP contribution in [0.4, 0.5) is 14.5 Å². The van der Waals surface area contributed by atoms with E-state index in [1.807, 2.05) is 0 Å². The van der Waals surface area contributed by atoms with Gasteiger partial charge in [0.1, 0.15) is 11.6 Å². The van der Waals surface area contributed by atoms with Crippen LogP contribution in [0, 0.1) is 11.6 Å². The van der Waals surface area contributed by atoms with Crippen molar-refractivity contribution in [2.75, 3.05) is 5.32 Å². The molecule has 0 unspecified atom stereocenters. The first kappa shape index (κ1) is 22.5. The number of benzene rings is 3. The SMILES string of the molecule is CC(=O)Oc1c(-c2ccc(NC(=O)c3cccc(F)c3)cc2)c(C2CC2)nn1-c1cccc(F)c1. The maximum Gasteiger partial charge on any atom is 0.309 e. The molecule has 1 aliphatic rings.